The van der Waals surface area contributed by atoms with E-state index in [9.17, 15) is 8.42 Å². The number of pyridine rings is 1. The Hall–Kier alpha value is -2.58. The zero-order valence-corrected chi connectivity index (χ0v) is 16.6. The largest absolute Gasteiger partial charge is 0.495 e. The number of sulfonamides is 1. The molecule has 0 amide bonds. The number of hydrogen-bond acceptors (Lipinski definition) is 5. The van der Waals surface area contributed by atoms with Gasteiger partial charge in [-0.25, -0.2) is 18.1 Å². The molecule has 144 valence electrons. The van der Waals surface area contributed by atoms with Crippen molar-refractivity contribution >= 4 is 15.7 Å². The average Bonchev–Trinajstić information content (AvgIpc) is 3.06. The van der Waals surface area contributed by atoms with Crippen molar-refractivity contribution in [2.45, 2.75) is 25.2 Å². The highest BCUT2D eigenvalue weighted by Gasteiger charge is 2.20. The average molecular weight is 389 g/mol. The van der Waals surface area contributed by atoms with Crippen molar-refractivity contribution in [1.29, 1.82) is 0 Å². The summed E-state index contributed by atoms with van der Waals surface area (Å²) in [5.41, 5.74) is 3.34. The van der Waals surface area contributed by atoms with Crippen LogP contribution in [-0.2, 0) is 16.4 Å². The molecule has 27 heavy (non-hydrogen) atoms. The predicted octanol–water partition coefficient (Wildman–Crippen LogP) is 2.49. The summed E-state index contributed by atoms with van der Waals surface area (Å²) in [4.78, 5) is 4.66. The first-order valence-corrected chi connectivity index (χ1v) is 9.99. The number of aromatic nitrogens is 2. The fourth-order valence-corrected chi connectivity index (χ4v) is 4.11. The van der Waals surface area contributed by atoms with Crippen LogP contribution in [0.25, 0.3) is 5.65 Å². The lowest BCUT2D eigenvalue weighted by Gasteiger charge is -2.13. The molecule has 0 unspecified atom stereocenters. The van der Waals surface area contributed by atoms with Crippen LogP contribution in [0.1, 0.15) is 16.8 Å². The number of imidazole rings is 1. The van der Waals surface area contributed by atoms with Gasteiger partial charge in [-0.05, 0) is 49.2 Å². The van der Waals surface area contributed by atoms with Gasteiger partial charge in [0.1, 0.15) is 10.6 Å². The molecule has 3 rings (SSSR count). The van der Waals surface area contributed by atoms with Gasteiger partial charge in [-0.2, -0.15) is 0 Å². The Bertz CT molecular complexity index is 1070. The summed E-state index contributed by atoms with van der Waals surface area (Å²) < 4.78 is 40.4. The normalized spacial score (nSPS) is 11.7. The van der Waals surface area contributed by atoms with Crippen LogP contribution in [-0.4, -0.2) is 38.6 Å². The van der Waals surface area contributed by atoms with Gasteiger partial charge in [-0.15, -0.1) is 0 Å². The quantitative estimate of drug-likeness (QED) is 0.671. The number of benzene rings is 1. The molecule has 2 aromatic heterocycles. The molecule has 0 bridgehead atoms. The maximum atomic E-state index is 12.7. The number of rotatable bonds is 7. The van der Waals surface area contributed by atoms with Crippen molar-refractivity contribution in [3.05, 3.63) is 53.5 Å². The Balaban J connectivity index is 1.76. The van der Waals surface area contributed by atoms with Crippen molar-refractivity contribution in [2.75, 3.05) is 20.8 Å². The van der Waals surface area contributed by atoms with E-state index >= 15 is 0 Å². The molecular formula is C19H23N3O4S. The lowest BCUT2D eigenvalue weighted by atomic mass is 10.1. The molecule has 0 aliphatic heterocycles. The SMILES string of the molecule is COc1cc(C)c(C)cc1S(=O)(=O)NCCc1cn2cccc(OC)c2n1. The molecule has 8 heteroatoms. The molecule has 0 spiro atoms. The second-order valence-corrected chi connectivity index (χ2v) is 8.01. The summed E-state index contributed by atoms with van der Waals surface area (Å²) in [6, 6.07) is 7.07. The second-order valence-electron chi connectivity index (χ2n) is 6.27. The van der Waals surface area contributed by atoms with Crippen molar-refractivity contribution in [2.24, 2.45) is 0 Å². The van der Waals surface area contributed by atoms with Gasteiger partial charge in [0.2, 0.25) is 10.0 Å². The first-order valence-electron chi connectivity index (χ1n) is 8.51. The van der Waals surface area contributed by atoms with Gasteiger partial charge in [-0.3, -0.25) is 0 Å². The smallest absolute Gasteiger partial charge is 0.244 e. The minimum Gasteiger partial charge on any atom is -0.495 e. The highest BCUT2D eigenvalue weighted by atomic mass is 32.2. The first-order chi connectivity index (χ1) is 12.9. The van der Waals surface area contributed by atoms with Gasteiger partial charge in [0.25, 0.3) is 0 Å². The molecule has 1 aromatic carbocycles. The Labute approximate surface area is 159 Å². The summed E-state index contributed by atoms with van der Waals surface area (Å²) >= 11 is 0. The third-order valence-electron chi connectivity index (χ3n) is 4.46. The summed E-state index contributed by atoms with van der Waals surface area (Å²) in [6.45, 7) is 4.02. The highest BCUT2D eigenvalue weighted by Crippen LogP contribution is 2.27. The minimum atomic E-state index is -3.69. The zero-order chi connectivity index (χ0) is 19.6. The van der Waals surface area contributed by atoms with E-state index in [1.807, 2.05) is 42.8 Å². The number of nitrogens with zero attached hydrogens (tertiary/aromatic N) is 2. The van der Waals surface area contributed by atoms with Crippen LogP contribution in [0.3, 0.4) is 0 Å². The molecule has 0 saturated heterocycles. The van der Waals surface area contributed by atoms with Crippen LogP contribution in [0.4, 0.5) is 0 Å². The molecule has 0 aliphatic carbocycles. The summed E-state index contributed by atoms with van der Waals surface area (Å²) in [5, 5.41) is 0. The first kappa shape index (κ1) is 19.2. The van der Waals surface area contributed by atoms with Gasteiger partial charge >= 0.3 is 0 Å². The van der Waals surface area contributed by atoms with E-state index in [2.05, 4.69) is 9.71 Å². The maximum absolute atomic E-state index is 12.7. The molecule has 2 heterocycles. The topological polar surface area (TPSA) is 81.9 Å². The van der Waals surface area contributed by atoms with Crippen LogP contribution in [0, 0.1) is 13.8 Å². The highest BCUT2D eigenvalue weighted by molar-refractivity contribution is 7.89. The third kappa shape index (κ3) is 3.91. The zero-order valence-electron chi connectivity index (χ0n) is 15.8. The molecule has 1 N–H and O–H groups in total. The lowest BCUT2D eigenvalue weighted by molar-refractivity contribution is 0.402. The van der Waals surface area contributed by atoms with Crippen molar-refractivity contribution in [1.82, 2.24) is 14.1 Å². The fraction of sp³-hybridized carbons (Fsp3) is 0.316. The third-order valence-corrected chi connectivity index (χ3v) is 5.94. The molecule has 0 saturated carbocycles. The summed E-state index contributed by atoms with van der Waals surface area (Å²) in [6.07, 6.45) is 4.19. The van der Waals surface area contributed by atoms with E-state index in [4.69, 9.17) is 9.47 Å². The summed E-state index contributed by atoms with van der Waals surface area (Å²) in [5.74, 6) is 1.01. The number of ether oxygens (including phenoxy) is 2. The molecule has 0 fully saturated rings. The second kappa shape index (κ2) is 7.58. The number of nitrogens with one attached hydrogen (secondary N) is 1. The van der Waals surface area contributed by atoms with E-state index in [0.717, 1.165) is 16.8 Å². The lowest BCUT2D eigenvalue weighted by Crippen LogP contribution is -2.26. The van der Waals surface area contributed by atoms with E-state index in [1.54, 1.807) is 19.2 Å². The Morgan fingerprint density at radius 3 is 2.52 bits per heavy atom. The maximum Gasteiger partial charge on any atom is 0.244 e. The molecule has 0 atom stereocenters. The van der Waals surface area contributed by atoms with E-state index in [-0.39, 0.29) is 11.4 Å². The van der Waals surface area contributed by atoms with Crippen molar-refractivity contribution in [3.8, 4) is 11.5 Å². The number of fused-ring (bicyclic) bond motifs is 1. The molecule has 3 aromatic rings. The number of hydrogen-bond donors (Lipinski definition) is 1. The van der Waals surface area contributed by atoms with E-state index in [0.29, 0.717) is 23.6 Å². The fourth-order valence-electron chi connectivity index (χ4n) is 2.84. The standard InChI is InChI=1S/C19H23N3O4S/c1-13-10-17(26-4)18(11-14(13)2)27(23,24)20-8-7-15-12-22-9-5-6-16(25-3)19(22)21-15/h5-6,9-12,20H,7-8H2,1-4H3. The van der Waals surface area contributed by atoms with Crippen molar-refractivity contribution in [3.63, 3.8) is 0 Å². The Kier molecular flexibility index (Phi) is 5.38. The van der Waals surface area contributed by atoms with Crippen molar-refractivity contribution < 1.29 is 17.9 Å². The Morgan fingerprint density at radius 1 is 1.11 bits per heavy atom. The van der Waals surface area contributed by atoms with Crippen LogP contribution in [0.15, 0.2) is 41.6 Å². The van der Waals surface area contributed by atoms with Gasteiger partial charge in [0.15, 0.2) is 11.4 Å². The Morgan fingerprint density at radius 2 is 1.81 bits per heavy atom. The molecule has 0 radical (unpaired) electrons. The van der Waals surface area contributed by atoms with Crippen LogP contribution >= 0.6 is 0 Å². The van der Waals surface area contributed by atoms with Gasteiger partial charge in [-0.1, -0.05) is 0 Å². The van der Waals surface area contributed by atoms with Gasteiger partial charge < -0.3 is 13.9 Å². The molecule has 0 aliphatic rings. The van der Waals surface area contributed by atoms with E-state index in [1.165, 1.54) is 7.11 Å². The number of methoxy groups -OCH3 is 2. The van der Waals surface area contributed by atoms with Gasteiger partial charge in [0, 0.05) is 25.4 Å². The van der Waals surface area contributed by atoms with E-state index < -0.39 is 10.0 Å². The van der Waals surface area contributed by atoms with Crippen LogP contribution < -0.4 is 14.2 Å². The molecular weight excluding hydrogens is 366 g/mol. The van der Waals surface area contributed by atoms with Crippen LogP contribution in [0.2, 0.25) is 0 Å². The summed E-state index contributed by atoms with van der Waals surface area (Å²) in [7, 11) is -0.632. The van der Waals surface area contributed by atoms with Gasteiger partial charge in [0.05, 0.1) is 19.9 Å². The monoisotopic (exact) mass is 389 g/mol. The molecule has 7 nitrogen and oxygen atoms in total. The van der Waals surface area contributed by atoms with Crippen LogP contribution in [0.5, 0.6) is 11.5 Å². The predicted molar refractivity (Wildman–Crippen MR) is 103 cm³/mol. The minimum absolute atomic E-state index is 0.143. The number of aryl methyl sites for hydroxylation is 2.